The van der Waals surface area contributed by atoms with E-state index in [0.29, 0.717) is 16.0 Å². The average Bonchev–Trinajstić information content (AvgIpc) is 2.47. The van der Waals surface area contributed by atoms with Crippen LogP contribution in [0.5, 0.6) is 0 Å². The Labute approximate surface area is 170 Å². The van der Waals surface area contributed by atoms with E-state index in [4.69, 9.17) is 13.6 Å². The Kier molecular flexibility index (Phi) is 15.3. The molecule has 0 bridgehead atoms. The molecule has 0 rings (SSSR count). The van der Waals surface area contributed by atoms with Crippen LogP contribution in [0.4, 0.5) is 0 Å². The highest BCUT2D eigenvalue weighted by molar-refractivity contribution is 9.12. The van der Waals surface area contributed by atoms with E-state index in [1.807, 2.05) is 0 Å². The summed E-state index contributed by atoms with van der Waals surface area (Å²) in [5.41, 5.74) is 0. The average molecular weight is 698 g/mol. The molecule has 0 spiro atoms. The number of alkyl halides is 6. The Bertz CT molecular complexity index is 255. The number of rotatable bonds is 12. The fraction of sp³-hybridized carbons (Fsp3) is 1.00. The van der Waals surface area contributed by atoms with Gasteiger partial charge in [0.2, 0.25) is 0 Å². The first-order valence-corrected chi connectivity index (χ1v) is 13.1. The highest BCUT2D eigenvalue weighted by atomic mass is 79.9. The maximum Gasteiger partial charge on any atom is 0.474 e. The van der Waals surface area contributed by atoms with E-state index < -0.39 is 7.82 Å². The molecule has 0 aliphatic heterocycles. The Balaban J connectivity index is 4.45. The predicted molar refractivity (Wildman–Crippen MR) is 105 cm³/mol. The zero-order chi connectivity index (χ0) is 15.6. The maximum atomic E-state index is 12.5. The second kappa shape index (κ2) is 13.3. The van der Waals surface area contributed by atoms with E-state index in [1.165, 1.54) is 0 Å². The minimum absolute atomic E-state index is 0.0370. The minimum Gasteiger partial charge on any atom is -0.286 e. The lowest BCUT2D eigenvalue weighted by Gasteiger charge is -2.21. The van der Waals surface area contributed by atoms with Gasteiger partial charge in [0.25, 0.3) is 0 Å². The van der Waals surface area contributed by atoms with Crippen molar-refractivity contribution in [2.45, 2.75) is 14.5 Å². The fourth-order valence-corrected chi connectivity index (χ4v) is 3.64. The van der Waals surface area contributed by atoms with Gasteiger partial charge in [-0.25, -0.2) is 4.57 Å². The number of phosphoric ester groups is 1. The molecule has 0 aliphatic carbocycles. The molecule has 0 unspecified atom stereocenters. The smallest absolute Gasteiger partial charge is 0.286 e. The highest BCUT2D eigenvalue weighted by Crippen LogP contribution is 2.50. The molecule has 0 aromatic heterocycles. The molecule has 11 heteroatoms. The molecule has 0 aromatic rings. The van der Waals surface area contributed by atoms with Crippen molar-refractivity contribution in [1.82, 2.24) is 0 Å². The highest BCUT2D eigenvalue weighted by Gasteiger charge is 2.29. The van der Waals surface area contributed by atoms with Crippen molar-refractivity contribution >= 4 is 103 Å². The molecule has 0 aromatic carbocycles. The van der Waals surface area contributed by atoms with Gasteiger partial charge in [0, 0.05) is 30.5 Å². The molecule has 4 nitrogen and oxygen atoms in total. The molecule has 122 valence electrons. The van der Waals surface area contributed by atoms with Crippen LogP contribution in [0.25, 0.3) is 0 Å². The van der Waals surface area contributed by atoms with E-state index in [2.05, 4.69) is 95.6 Å². The van der Waals surface area contributed by atoms with Crippen molar-refractivity contribution < 1.29 is 18.1 Å². The van der Waals surface area contributed by atoms with Gasteiger partial charge in [0.15, 0.2) is 0 Å². The summed E-state index contributed by atoms with van der Waals surface area (Å²) >= 11 is 20.0. The largest absolute Gasteiger partial charge is 0.474 e. The van der Waals surface area contributed by atoms with Crippen LogP contribution in [-0.2, 0) is 18.1 Å². The summed E-state index contributed by atoms with van der Waals surface area (Å²) in [6.45, 7) is 0.682. The van der Waals surface area contributed by atoms with Crippen LogP contribution >= 0.6 is 103 Å². The molecule has 0 N–H and O–H groups in total. The molecular formula is C9H15Br6O4P. The first kappa shape index (κ1) is 23.0. The van der Waals surface area contributed by atoms with Gasteiger partial charge >= 0.3 is 7.82 Å². The monoisotopic (exact) mass is 692 g/mol. The summed E-state index contributed by atoms with van der Waals surface area (Å²) in [7, 11) is -3.57. The third-order valence-electron chi connectivity index (χ3n) is 1.74. The number of phosphoric acid groups is 1. The second-order valence-corrected chi connectivity index (χ2v) is 11.1. The topological polar surface area (TPSA) is 44.8 Å². The molecule has 0 amide bonds. The van der Waals surface area contributed by atoms with Gasteiger partial charge in [-0.1, -0.05) is 95.6 Å². The Morgan fingerprint density at radius 1 is 0.700 bits per heavy atom. The van der Waals surface area contributed by atoms with Gasteiger partial charge < -0.3 is 0 Å². The van der Waals surface area contributed by atoms with Crippen molar-refractivity contribution in [1.29, 1.82) is 0 Å². The van der Waals surface area contributed by atoms with E-state index >= 15 is 0 Å². The van der Waals surface area contributed by atoms with Crippen LogP contribution in [0.1, 0.15) is 0 Å². The normalized spacial score (nSPS) is 16.9. The minimum atomic E-state index is -3.57. The van der Waals surface area contributed by atoms with Gasteiger partial charge in [0.1, 0.15) is 0 Å². The maximum absolute atomic E-state index is 12.5. The van der Waals surface area contributed by atoms with Crippen molar-refractivity contribution in [3.63, 3.8) is 0 Å². The summed E-state index contributed by atoms with van der Waals surface area (Å²) in [5.74, 6) is 0. The summed E-state index contributed by atoms with van der Waals surface area (Å²) in [6.07, 6.45) is 0. The molecule has 0 heterocycles. The van der Waals surface area contributed by atoms with E-state index in [1.54, 1.807) is 0 Å². The Morgan fingerprint density at radius 3 is 1.15 bits per heavy atom. The lowest BCUT2D eigenvalue weighted by atomic mass is 10.5. The van der Waals surface area contributed by atoms with E-state index in [9.17, 15) is 4.57 Å². The fourth-order valence-electron chi connectivity index (χ4n) is 0.762. The zero-order valence-corrected chi connectivity index (χ0v) is 20.7. The second-order valence-electron chi connectivity index (χ2n) is 3.59. The standard InChI is InChI=1S/C9H15Br6O4P/c10-1-7(13)4-17-20(16,18-5-8(14)2-11)19-6-9(15)3-12/h7-9H,1-6H2/t7-,8-,9+/m0/s1. The van der Waals surface area contributed by atoms with Gasteiger partial charge in [-0.2, -0.15) is 0 Å². The summed E-state index contributed by atoms with van der Waals surface area (Å²) in [6, 6.07) is 0. The van der Waals surface area contributed by atoms with Crippen LogP contribution in [-0.4, -0.2) is 50.3 Å². The lowest BCUT2D eigenvalue weighted by Crippen LogP contribution is -2.17. The van der Waals surface area contributed by atoms with Gasteiger partial charge in [-0.05, 0) is 0 Å². The van der Waals surface area contributed by atoms with Crippen molar-refractivity contribution in [3.8, 4) is 0 Å². The number of hydrogen-bond acceptors (Lipinski definition) is 4. The first-order valence-electron chi connectivity index (χ1n) is 5.50. The molecular weight excluding hydrogens is 682 g/mol. The van der Waals surface area contributed by atoms with Crippen molar-refractivity contribution in [2.75, 3.05) is 35.8 Å². The van der Waals surface area contributed by atoms with Crippen LogP contribution in [0, 0.1) is 0 Å². The molecule has 0 aliphatic rings. The van der Waals surface area contributed by atoms with E-state index in [0.717, 1.165) is 0 Å². The van der Waals surface area contributed by atoms with Crippen molar-refractivity contribution in [3.05, 3.63) is 0 Å². The molecule has 0 saturated carbocycles. The van der Waals surface area contributed by atoms with Gasteiger partial charge in [-0.3, -0.25) is 13.6 Å². The molecule has 20 heavy (non-hydrogen) atoms. The molecule has 0 radical (unpaired) electrons. The third-order valence-corrected chi connectivity index (χ3v) is 9.85. The SMILES string of the molecule is O=P(OC[C@H](Br)CBr)(OC[C@@H](Br)CBr)OC[C@@H](Br)CBr. The number of hydrogen-bond donors (Lipinski definition) is 0. The molecule has 0 fully saturated rings. The number of halogens is 6. The predicted octanol–water partition coefficient (Wildman–Crippen LogP) is 5.62. The Hall–Kier alpha value is 2.99. The van der Waals surface area contributed by atoms with Crippen LogP contribution in [0.15, 0.2) is 0 Å². The first-order chi connectivity index (χ1) is 9.36. The lowest BCUT2D eigenvalue weighted by molar-refractivity contribution is 0.118. The molecule has 0 saturated heterocycles. The summed E-state index contributed by atoms with van der Waals surface area (Å²) in [4.78, 5) is 0.111. The van der Waals surface area contributed by atoms with Gasteiger partial charge in [-0.15, -0.1) is 0 Å². The zero-order valence-electron chi connectivity index (χ0n) is 10.3. The van der Waals surface area contributed by atoms with Gasteiger partial charge in [0.05, 0.1) is 19.8 Å². The Morgan fingerprint density at radius 2 is 0.950 bits per heavy atom. The van der Waals surface area contributed by atoms with Crippen LogP contribution in [0.2, 0.25) is 0 Å². The summed E-state index contributed by atoms with van der Waals surface area (Å²) < 4.78 is 28.5. The van der Waals surface area contributed by atoms with Crippen LogP contribution in [0.3, 0.4) is 0 Å². The van der Waals surface area contributed by atoms with Crippen molar-refractivity contribution in [2.24, 2.45) is 0 Å². The van der Waals surface area contributed by atoms with E-state index in [-0.39, 0.29) is 34.3 Å². The summed E-state index contributed by atoms with van der Waals surface area (Å²) in [5, 5.41) is 2.04. The quantitative estimate of drug-likeness (QED) is 0.196. The van der Waals surface area contributed by atoms with Crippen LogP contribution < -0.4 is 0 Å². The third kappa shape index (κ3) is 11.5. The molecule has 3 atom stereocenters.